The lowest BCUT2D eigenvalue weighted by molar-refractivity contribution is -0.135. The Morgan fingerprint density at radius 3 is 2.52 bits per heavy atom. The van der Waals surface area contributed by atoms with Crippen molar-refractivity contribution in [3.8, 4) is 0 Å². The van der Waals surface area contributed by atoms with Crippen molar-refractivity contribution < 1.29 is 4.79 Å². The molecule has 2 aromatic rings. The molecule has 0 unspecified atom stereocenters. The monoisotopic (exact) mass is 309 g/mol. The number of nitrogens with zero attached hydrogens (tertiary/aromatic N) is 3. The predicted octanol–water partition coefficient (Wildman–Crippen LogP) is 3.07. The lowest BCUT2D eigenvalue weighted by atomic mass is 10.1. The largest absolute Gasteiger partial charge is 0.353 e. The number of benzene rings is 1. The number of anilines is 1. The fourth-order valence-corrected chi connectivity index (χ4v) is 3.93. The molecular formula is C19H23N3O. The van der Waals surface area contributed by atoms with Crippen molar-refractivity contribution in [3.05, 3.63) is 36.5 Å². The maximum absolute atomic E-state index is 12.5. The first-order chi connectivity index (χ1) is 11.3. The summed E-state index contributed by atoms with van der Waals surface area (Å²) in [4.78, 5) is 21.5. The zero-order valence-electron chi connectivity index (χ0n) is 13.4. The van der Waals surface area contributed by atoms with E-state index in [2.05, 4.69) is 45.1 Å². The molecule has 1 saturated heterocycles. The van der Waals surface area contributed by atoms with E-state index in [4.69, 9.17) is 0 Å². The summed E-state index contributed by atoms with van der Waals surface area (Å²) in [6, 6.07) is 10.4. The molecule has 4 nitrogen and oxygen atoms in total. The number of hydrogen-bond acceptors (Lipinski definition) is 3. The van der Waals surface area contributed by atoms with Crippen LogP contribution in [0.15, 0.2) is 36.5 Å². The Morgan fingerprint density at radius 2 is 1.74 bits per heavy atom. The Labute approximate surface area is 137 Å². The highest BCUT2D eigenvalue weighted by Gasteiger charge is 2.29. The van der Waals surface area contributed by atoms with E-state index in [1.165, 1.54) is 23.6 Å². The molecule has 2 heterocycles. The van der Waals surface area contributed by atoms with Gasteiger partial charge in [0.1, 0.15) is 5.82 Å². The van der Waals surface area contributed by atoms with Crippen LogP contribution in [0.25, 0.3) is 10.8 Å². The van der Waals surface area contributed by atoms with E-state index in [0.29, 0.717) is 5.91 Å². The number of carbonyl (C=O) groups excluding carboxylic acids is 1. The molecule has 0 radical (unpaired) electrons. The van der Waals surface area contributed by atoms with Crippen molar-refractivity contribution in [2.75, 3.05) is 31.1 Å². The van der Waals surface area contributed by atoms with Gasteiger partial charge in [0, 0.05) is 43.7 Å². The first-order valence-electron chi connectivity index (χ1n) is 8.70. The molecule has 2 aliphatic rings. The second kappa shape index (κ2) is 6.19. The van der Waals surface area contributed by atoms with Crippen LogP contribution >= 0.6 is 0 Å². The number of carbonyl (C=O) groups is 1. The smallest absolute Gasteiger partial charge is 0.225 e. The number of aromatic nitrogens is 1. The van der Waals surface area contributed by atoms with Gasteiger partial charge in [-0.3, -0.25) is 4.79 Å². The van der Waals surface area contributed by atoms with Crippen LogP contribution in [0.5, 0.6) is 0 Å². The van der Waals surface area contributed by atoms with Crippen LogP contribution in [0.1, 0.15) is 25.7 Å². The van der Waals surface area contributed by atoms with E-state index >= 15 is 0 Å². The maximum Gasteiger partial charge on any atom is 0.225 e. The van der Waals surface area contributed by atoms with Gasteiger partial charge in [-0.15, -0.1) is 0 Å². The molecule has 120 valence electrons. The molecule has 1 aliphatic heterocycles. The molecule has 4 heteroatoms. The topological polar surface area (TPSA) is 36.4 Å². The van der Waals surface area contributed by atoms with Gasteiger partial charge in [0.2, 0.25) is 5.91 Å². The second-order valence-electron chi connectivity index (χ2n) is 6.65. The molecule has 2 fully saturated rings. The molecule has 0 N–H and O–H groups in total. The molecule has 23 heavy (non-hydrogen) atoms. The highest BCUT2D eigenvalue weighted by atomic mass is 16.2. The standard InChI is InChI=1S/C19H23N3O/c23-19(16-6-1-2-7-16)22-13-11-21(12-14-22)18-17-8-4-3-5-15(17)9-10-20-18/h3-5,8-10,16H,1-2,6-7,11-14H2. The van der Waals surface area contributed by atoms with Crippen molar-refractivity contribution >= 4 is 22.5 Å². The quantitative estimate of drug-likeness (QED) is 0.855. The summed E-state index contributed by atoms with van der Waals surface area (Å²) in [7, 11) is 0. The Hall–Kier alpha value is -2.10. The Balaban J connectivity index is 1.47. The Kier molecular flexibility index (Phi) is 3.90. The molecular weight excluding hydrogens is 286 g/mol. The number of hydrogen-bond donors (Lipinski definition) is 0. The summed E-state index contributed by atoms with van der Waals surface area (Å²) >= 11 is 0. The number of piperazine rings is 1. The van der Waals surface area contributed by atoms with Gasteiger partial charge in [0.15, 0.2) is 0 Å². The van der Waals surface area contributed by atoms with Crippen LogP contribution in [-0.4, -0.2) is 42.0 Å². The molecule has 1 aliphatic carbocycles. The van der Waals surface area contributed by atoms with Gasteiger partial charge in [0.25, 0.3) is 0 Å². The summed E-state index contributed by atoms with van der Waals surface area (Å²) in [5, 5.41) is 2.42. The van der Waals surface area contributed by atoms with Crippen LogP contribution < -0.4 is 4.90 Å². The normalized spacial score (nSPS) is 19.5. The molecule has 1 amide bonds. The third-order valence-corrected chi connectivity index (χ3v) is 5.25. The van der Waals surface area contributed by atoms with Crippen molar-refractivity contribution in [3.63, 3.8) is 0 Å². The van der Waals surface area contributed by atoms with Crippen LogP contribution in [0.4, 0.5) is 5.82 Å². The lowest BCUT2D eigenvalue weighted by Crippen LogP contribution is -2.50. The Morgan fingerprint density at radius 1 is 1.00 bits per heavy atom. The van der Waals surface area contributed by atoms with Crippen LogP contribution in [-0.2, 0) is 4.79 Å². The van der Waals surface area contributed by atoms with Gasteiger partial charge in [-0.2, -0.15) is 0 Å². The van der Waals surface area contributed by atoms with E-state index in [1.54, 1.807) is 0 Å². The average Bonchev–Trinajstić information content (AvgIpc) is 3.15. The molecule has 1 saturated carbocycles. The summed E-state index contributed by atoms with van der Waals surface area (Å²) in [6.07, 6.45) is 6.49. The third-order valence-electron chi connectivity index (χ3n) is 5.25. The number of amides is 1. The Bertz CT molecular complexity index is 695. The zero-order valence-corrected chi connectivity index (χ0v) is 13.4. The van der Waals surface area contributed by atoms with Crippen LogP contribution in [0.3, 0.4) is 0 Å². The summed E-state index contributed by atoms with van der Waals surface area (Å²) in [6.45, 7) is 3.39. The van der Waals surface area contributed by atoms with E-state index in [9.17, 15) is 4.79 Å². The van der Waals surface area contributed by atoms with E-state index in [0.717, 1.165) is 44.8 Å². The van der Waals surface area contributed by atoms with E-state index in [-0.39, 0.29) is 5.92 Å². The van der Waals surface area contributed by atoms with Crippen molar-refractivity contribution in [2.45, 2.75) is 25.7 Å². The predicted molar refractivity (Wildman–Crippen MR) is 92.5 cm³/mol. The van der Waals surface area contributed by atoms with Gasteiger partial charge in [0.05, 0.1) is 0 Å². The maximum atomic E-state index is 12.5. The third kappa shape index (κ3) is 2.78. The van der Waals surface area contributed by atoms with E-state index < -0.39 is 0 Å². The average molecular weight is 309 g/mol. The van der Waals surface area contributed by atoms with Gasteiger partial charge in [-0.05, 0) is 24.3 Å². The zero-order chi connectivity index (χ0) is 15.6. The molecule has 1 aromatic heterocycles. The van der Waals surface area contributed by atoms with Gasteiger partial charge in [-0.25, -0.2) is 4.98 Å². The van der Waals surface area contributed by atoms with Crippen molar-refractivity contribution in [1.82, 2.24) is 9.88 Å². The van der Waals surface area contributed by atoms with Crippen LogP contribution in [0.2, 0.25) is 0 Å². The highest BCUT2D eigenvalue weighted by Crippen LogP contribution is 2.28. The minimum Gasteiger partial charge on any atom is -0.353 e. The summed E-state index contributed by atoms with van der Waals surface area (Å²) in [5.41, 5.74) is 0. The molecule has 0 atom stereocenters. The molecule has 0 bridgehead atoms. The van der Waals surface area contributed by atoms with Crippen molar-refractivity contribution in [2.24, 2.45) is 5.92 Å². The van der Waals surface area contributed by atoms with E-state index in [1.807, 2.05) is 6.20 Å². The lowest BCUT2D eigenvalue weighted by Gasteiger charge is -2.37. The minimum absolute atomic E-state index is 0.289. The summed E-state index contributed by atoms with van der Waals surface area (Å²) in [5.74, 6) is 1.72. The number of fused-ring (bicyclic) bond motifs is 1. The van der Waals surface area contributed by atoms with Crippen LogP contribution in [0, 0.1) is 5.92 Å². The first kappa shape index (κ1) is 14.5. The SMILES string of the molecule is O=C(C1CCCC1)N1CCN(c2nccc3ccccc23)CC1. The fourth-order valence-electron chi connectivity index (χ4n) is 3.93. The fraction of sp³-hybridized carbons (Fsp3) is 0.474. The van der Waals surface area contributed by atoms with Gasteiger partial charge < -0.3 is 9.80 Å². The second-order valence-corrected chi connectivity index (χ2v) is 6.65. The molecule has 4 rings (SSSR count). The highest BCUT2D eigenvalue weighted by molar-refractivity contribution is 5.92. The van der Waals surface area contributed by atoms with Gasteiger partial charge in [-0.1, -0.05) is 37.1 Å². The van der Waals surface area contributed by atoms with Gasteiger partial charge >= 0.3 is 0 Å². The number of pyridine rings is 1. The summed E-state index contributed by atoms with van der Waals surface area (Å²) < 4.78 is 0. The number of rotatable bonds is 2. The van der Waals surface area contributed by atoms with Crippen molar-refractivity contribution in [1.29, 1.82) is 0 Å². The molecule has 0 spiro atoms. The first-order valence-corrected chi connectivity index (χ1v) is 8.70. The molecule has 1 aromatic carbocycles. The minimum atomic E-state index is 0.289.